The van der Waals surface area contributed by atoms with E-state index in [2.05, 4.69) is 15.3 Å². The Morgan fingerprint density at radius 1 is 1.16 bits per heavy atom. The summed E-state index contributed by atoms with van der Waals surface area (Å²) in [7, 11) is 0. The number of halogens is 4. The molecule has 3 heterocycles. The summed E-state index contributed by atoms with van der Waals surface area (Å²) in [6, 6.07) is 4.21. The normalized spacial score (nSPS) is 24.4. The summed E-state index contributed by atoms with van der Waals surface area (Å²) < 4.78 is 64.5. The van der Waals surface area contributed by atoms with Crippen molar-refractivity contribution in [3.8, 4) is 0 Å². The Kier molecular flexibility index (Phi) is 6.00. The van der Waals surface area contributed by atoms with Crippen LogP contribution in [0.5, 0.6) is 0 Å². The lowest BCUT2D eigenvalue weighted by molar-refractivity contribution is -0.137. The summed E-state index contributed by atoms with van der Waals surface area (Å²) in [5.41, 5.74) is -1.30. The van der Waals surface area contributed by atoms with Crippen molar-refractivity contribution < 1.29 is 32.1 Å². The third-order valence-electron chi connectivity index (χ3n) is 5.46. The highest BCUT2D eigenvalue weighted by atomic mass is 19.4. The Morgan fingerprint density at radius 2 is 1.94 bits per heavy atom. The van der Waals surface area contributed by atoms with Gasteiger partial charge in [-0.2, -0.15) is 17.6 Å². The van der Waals surface area contributed by atoms with Crippen LogP contribution in [-0.4, -0.2) is 60.2 Å². The Bertz CT molecular complexity index is 904. The molecule has 2 N–H and O–H groups in total. The summed E-state index contributed by atoms with van der Waals surface area (Å²) >= 11 is 0. The van der Waals surface area contributed by atoms with Crippen molar-refractivity contribution >= 4 is 11.6 Å². The number of ether oxygens (including phenoxy) is 2. The maximum absolute atomic E-state index is 15.2. The molecule has 0 amide bonds. The number of aliphatic hydroxyl groups is 1. The second kappa shape index (κ2) is 8.56. The maximum Gasteiger partial charge on any atom is 0.416 e. The minimum atomic E-state index is -4.44. The highest BCUT2D eigenvalue weighted by Gasteiger charge is 2.34. The van der Waals surface area contributed by atoms with Crippen molar-refractivity contribution in [2.24, 2.45) is 0 Å². The van der Waals surface area contributed by atoms with Crippen LogP contribution >= 0.6 is 0 Å². The highest BCUT2D eigenvalue weighted by molar-refractivity contribution is 5.53. The molecule has 2 fully saturated rings. The lowest BCUT2D eigenvalue weighted by Crippen LogP contribution is -2.41. The molecule has 11 heteroatoms. The zero-order valence-corrected chi connectivity index (χ0v) is 16.5. The van der Waals surface area contributed by atoms with E-state index in [-0.39, 0.29) is 31.4 Å². The third-order valence-corrected chi connectivity index (χ3v) is 5.46. The molecule has 0 saturated carbocycles. The first-order valence-electron chi connectivity index (χ1n) is 9.83. The molecule has 31 heavy (non-hydrogen) atoms. The van der Waals surface area contributed by atoms with Gasteiger partial charge in [0.25, 0.3) is 0 Å². The number of anilines is 2. The summed E-state index contributed by atoms with van der Waals surface area (Å²) in [4.78, 5) is 9.65. The minimum absolute atomic E-state index is 0.0142. The van der Waals surface area contributed by atoms with Gasteiger partial charge in [0, 0.05) is 26.1 Å². The quantitative estimate of drug-likeness (QED) is 0.690. The second-order valence-corrected chi connectivity index (χ2v) is 7.64. The lowest BCUT2D eigenvalue weighted by atomic mass is 10.0. The van der Waals surface area contributed by atoms with Gasteiger partial charge in [-0.05, 0) is 17.7 Å². The van der Waals surface area contributed by atoms with Gasteiger partial charge in [0.15, 0.2) is 11.6 Å². The Balaban J connectivity index is 1.56. The number of alkyl halides is 3. The van der Waals surface area contributed by atoms with Crippen LogP contribution in [0.3, 0.4) is 0 Å². The summed E-state index contributed by atoms with van der Waals surface area (Å²) in [6.07, 6.45) is -2.80. The smallest absolute Gasteiger partial charge is 0.386 e. The van der Waals surface area contributed by atoms with Crippen molar-refractivity contribution in [2.45, 2.75) is 24.2 Å². The molecule has 2 unspecified atom stereocenters. The molecule has 168 valence electrons. The third kappa shape index (κ3) is 4.73. The molecule has 2 atom stereocenters. The molecular formula is C20H22F4N4O3. The van der Waals surface area contributed by atoms with Gasteiger partial charge in [0.2, 0.25) is 5.82 Å². The molecule has 4 rings (SSSR count). The molecule has 0 bridgehead atoms. The predicted octanol–water partition coefficient (Wildman–Crippen LogP) is 2.78. The standard InChI is InChI=1S/C20H22F4N4O3/c21-16-17(25-10-19(29)5-7-31-11-19)26-12-27-18(16)28-6-8-30-9-15(28)13-1-3-14(4-2-13)20(22,23)24/h1-4,12,15,29H,5-11H2,(H,25,26,27). The number of benzene rings is 1. The zero-order valence-electron chi connectivity index (χ0n) is 16.5. The fourth-order valence-corrected chi connectivity index (χ4v) is 3.70. The SMILES string of the molecule is OC1(CNc2ncnc(N3CCOCC3c3ccc(C(F)(F)F)cc3)c2F)CCOC1. The molecular weight excluding hydrogens is 420 g/mol. The van der Waals surface area contributed by atoms with Crippen LogP contribution in [0.25, 0.3) is 0 Å². The Labute approximate surface area is 176 Å². The van der Waals surface area contributed by atoms with E-state index in [0.29, 0.717) is 31.7 Å². The average molecular weight is 442 g/mol. The molecule has 7 nitrogen and oxygen atoms in total. The molecule has 0 aliphatic carbocycles. The van der Waals surface area contributed by atoms with Gasteiger partial charge in [-0.3, -0.25) is 0 Å². The Morgan fingerprint density at radius 3 is 2.61 bits per heavy atom. The van der Waals surface area contributed by atoms with E-state index in [1.807, 2.05) is 0 Å². The topological polar surface area (TPSA) is 79.7 Å². The number of nitrogens with one attached hydrogen (secondary N) is 1. The monoisotopic (exact) mass is 442 g/mol. The molecule has 2 aromatic rings. The number of morpholine rings is 1. The van der Waals surface area contributed by atoms with Crippen LogP contribution in [0.1, 0.15) is 23.6 Å². The van der Waals surface area contributed by atoms with Crippen LogP contribution in [0.2, 0.25) is 0 Å². The first-order chi connectivity index (χ1) is 14.8. The van der Waals surface area contributed by atoms with Crippen LogP contribution < -0.4 is 10.2 Å². The van der Waals surface area contributed by atoms with Crippen LogP contribution in [0.4, 0.5) is 29.2 Å². The number of nitrogens with zero attached hydrogens (tertiary/aromatic N) is 3. The zero-order chi connectivity index (χ0) is 22.1. The van der Waals surface area contributed by atoms with E-state index in [4.69, 9.17) is 9.47 Å². The van der Waals surface area contributed by atoms with E-state index in [0.717, 1.165) is 12.1 Å². The van der Waals surface area contributed by atoms with Gasteiger partial charge in [-0.15, -0.1) is 0 Å². The minimum Gasteiger partial charge on any atom is -0.386 e. The number of rotatable bonds is 5. The van der Waals surface area contributed by atoms with Crippen LogP contribution in [0.15, 0.2) is 30.6 Å². The maximum atomic E-state index is 15.2. The van der Waals surface area contributed by atoms with Crippen molar-refractivity contribution in [1.82, 2.24) is 9.97 Å². The second-order valence-electron chi connectivity index (χ2n) is 7.64. The van der Waals surface area contributed by atoms with Gasteiger partial charge >= 0.3 is 6.18 Å². The van der Waals surface area contributed by atoms with Crippen LogP contribution in [-0.2, 0) is 15.7 Å². The molecule has 2 aliphatic heterocycles. The largest absolute Gasteiger partial charge is 0.416 e. The molecule has 2 saturated heterocycles. The number of hydrogen-bond donors (Lipinski definition) is 2. The van der Waals surface area contributed by atoms with Crippen molar-refractivity contribution in [3.63, 3.8) is 0 Å². The first kappa shape index (κ1) is 21.7. The van der Waals surface area contributed by atoms with Crippen molar-refractivity contribution in [1.29, 1.82) is 0 Å². The van der Waals surface area contributed by atoms with E-state index in [1.165, 1.54) is 18.5 Å². The lowest BCUT2D eigenvalue weighted by Gasteiger charge is -2.37. The van der Waals surface area contributed by atoms with Gasteiger partial charge in [0.05, 0.1) is 31.4 Å². The fourth-order valence-electron chi connectivity index (χ4n) is 3.70. The molecule has 0 radical (unpaired) electrons. The van der Waals surface area contributed by atoms with Gasteiger partial charge in [0.1, 0.15) is 11.9 Å². The summed E-state index contributed by atoms with van der Waals surface area (Å²) in [5.74, 6) is -0.757. The van der Waals surface area contributed by atoms with Gasteiger partial charge in [-0.25, -0.2) is 9.97 Å². The van der Waals surface area contributed by atoms with Gasteiger partial charge in [-0.1, -0.05) is 12.1 Å². The predicted molar refractivity (Wildman–Crippen MR) is 103 cm³/mol. The van der Waals surface area contributed by atoms with E-state index in [1.54, 1.807) is 4.90 Å². The summed E-state index contributed by atoms with van der Waals surface area (Å²) in [5, 5.41) is 13.2. The highest BCUT2D eigenvalue weighted by Crippen LogP contribution is 2.34. The van der Waals surface area contributed by atoms with Gasteiger partial charge < -0.3 is 24.8 Å². The first-order valence-corrected chi connectivity index (χ1v) is 9.83. The van der Waals surface area contributed by atoms with E-state index >= 15 is 4.39 Å². The van der Waals surface area contributed by atoms with Crippen molar-refractivity contribution in [3.05, 3.63) is 47.5 Å². The molecule has 0 spiro atoms. The number of aromatic nitrogens is 2. The van der Waals surface area contributed by atoms with Crippen LogP contribution in [0, 0.1) is 5.82 Å². The van der Waals surface area contributed by atoms with Crippen molar-refractivity contribution in [2.75, 3.05) is 49.7 Å². The van der Waals surface area contributed by atoms with E-state index in [9.17, 15) is 18.3 Å². The molecule has 1 aromatic carbocycles. The molecule has 1 aromatic heterocycles. The van der Waals surface area contributed by atoms with E-state index < -0.39 is 29.2 Å². The Hall–Kier alpha value is -2.50. The average Bonchev–Trinajstić information content (AvgIpc) is 3.19. The number of hydrogen-bond acceptors (Lipinski definition) is 7. The fraction of sp³-hybridized carbons (Fsp3) is 0.500. The summed E-state index contributed by atoms with van der Waals surface area (Å²) in [6.45, 7) is 1.44. The molecule has 2 aliphatic rings.